The third kappa shape index (κ3) is 2.26. The zero-order valence-electron chi connectivity index (χ0n) is 10.0. The van der Waals surface area contributed by atoms with Gasteiger partial charge >= 0.3 is 0 Å². The lowest BCUT2D eigenvalue weighted by molar-refractivity contribution is 0.420. The summed E-state index contributed by atoms with van der Waals surface area (Å²) in [5, 5.41) is 0.803. The van der Waals surface area contributed by atoms with E-state index < -0.39 is 0 Å². The average Bonchev–Trinajstić information content (AvgIpc) is 2.98. The topological polar surface area (TPSA) is 26.0 Å². The van der Waals surface area contributed by atoms with Crippen LogP contribution in [0.25, 0.3) is 0 Å². The molecule has 1 aromatic rings. The van der Waals surface area contributed by atoms with Crippen LogP contribution in [0.15, 0.2) is 24.3 Å². The van der Waals surface area contributed by atoms with Gasteiger partial charge in [0.05, 0.1) is 0 Å². The van der Waals surface area contributed by atoms with Gasteiger partial charge in [-0.15, -0.1) is 0 Å². The second-order valence-corrected chi connectivity index (χ2v) is 5.84. The van der Waals surface area contributed by atoms with E-state index in [9.17, 15) is 0 Å². The van der Waals surface area contributed by atoms with Crippen molar-refractivity contribution < 1.29 is 0 Å². The summed E-state index contributed by atoms with van der Waals surface area (Å²) < 4.78 is 0. The van der Waals surface area contributed by atoms with Gasteiger partial charge in [-0.05, 0) is 42.9 Å². The third-order valence-corrected chi connectivity index (χ3v) is 3.89. The molecule has 1 aliphatic rings. The minimum Gasteiger partial charge on any atom is -0.327 e. The second kappa shape index (κ2) is 4.38. The second-order valence-electron chi connectivity index (χ2n) is 5.40. The lowest BCUT2D eigenvalue weighted by Gasteiger charge is -2.25. The van der Waals surface area contributed by atoms with Crippen LogP contribution < -0.4 is 5.73 Å². The van der Waals surface area contributed by atoms with E-state index in [4.69, 9.17) is 17.3 Å². The molecule has 0 spiro atoms. The lowest BCUT2D eigenvalue weighted by Crippen LogP contribution is -2.36. The van der Waals surface area contributed by atoms with Crippen molar-refractivity contribution in [3.63, 3.8) is 0 Å². The van der Waals surface area contributed by atoms with E-state index in [1.165, 1.54) is 18.4 Å². The highest BCUT2D eigenvalue weighted by atomic mass is 35.5. The molecule has 2 N–H and O–H groups in total. The molecule has 0 aromatic heterocycles. The van der Waals surface area contributed by atoms with Gasteiger partial charge in [0.2, 0.25) is 0 Å². The Morgan fingerprint density at radius 2 is 1.81 bits per heavy atom. The molecule has 88 valence electrons. The standard InChI is InChI=1S/C14H20ClN/c1-10(2)9-13(16)14(7-8-14)11-3-5-12(15)6-4-11/h3-6,10,13H,7-9,16H2,1-2H3. The quantitative estimate of drug-likeness (QED) is 0.848. The van der Waals surface area contributed by atoms with Gasteiger partial charge in [0.1, 0.15) is 0 Å². The molecule has 0 heterocycles. The first-order valence-electron chi connectivity index (χ1n) is 6.06. The molecule has 2 heteroatoms. The van der Waals surface area contributed by atoms with E-state index in [1.807, 2.05) is 12.1 Å². The fourth-order valence-corrected chi connectivity index (χ4v) is 2.65. The van der Waals surface area contributed by atoms with Crippen LogP contribution in [-0.2, 0) is 5.41 Å². The van der Waals surface area contributed by atoms with Crippen molar-refractivity contribution in [1.82, 2.24) is 0 Å². The fourth-order valence-electron chi connectivity index (χ4n) is 2.52. The largest absolute Gasteiger partial charge is 0.327 e. The van der Waals surface area contributed by atoms with Crippen molar-refractivity contribution in [1.29, 1.82) is 0 Å². The van der Waals surface area contributed by atoms with Crippen molar-refractivity contribution >= 4 is 11.6 Å². The molecule has 1 unspecified atom stereocenters. The maximum Gasteiger partial charge on any atom is 0.0406 e. The van der Waals surface area contributed by atoms with Crippen LogP contribution in [0.4, 0.5) is 0 Å². The molecule has 1 saturated carbocycles. The first-order chi connectivity index (χ1) is 7.54. The molecule has 1 aliphatic carbocycles. The molecule has 0 radical (unpaired) electrons. The Morgan fingerprint density at radius 1 is 1.25 bits per heavy atom. The summed E-state index contributed by atoms with van der Waals surface area (Å²) >= 11 is 5.91. The van der Waals surface area contributed by atoms with Crippen LogP contribution in [-0.4, -0.2) is 6.04 Å². The van der Waals surface area contributed by atoms with Gasteiger partial charge in [-0.1, -0.05) is 37.6 Å². The predicted molar refractivity (Wildman–Crippen MR) is 69.8 cm³/mol. The summed E-state index contributed by atoms with van der Waals surface area (Å²) in [5.41, 5.74) is 7.96. The van der Waals surface area contributed by atoms with Crippen molar-refractivity contribution in [3.8, 4) is 0 Å². The Kier molecular flexibility index (Phi) is 3.27. The molecule has 0 amide bonds. The van der Waals surface area contributed by atoms with Gasteiger partial charge in [0.25, 0.3) is 0 Å². The predicted octanol–water partition coefficient (Wildman–Crippen LogP) is 3.75. The van der Waals surface area contributed by atoms with Gasteiger partial charge in [-0.25, -0.2) is 0 Å². The molecule has 0 aliphatic heterocycles. The minimum absolute atomic E-state index is 0.245. The van der Waals surface area contributed by atoms with E-state index in [-0.39, 0.29) is 11.5 Å². The molecule has 1 aromatic carbocycles. The normalized spacial score (nSPS) is 19.8. The van der Waals surface area contributed by atoms with E-state index in [2.05, 4.69) is 26.0 Å². The van der Waals surface area contributed by atoms with Crippen LogP contribution in [0, 0.1) is 5.92 Å². The SMILES string of the molecule is CC(C)CC(N)C1(c2ccc(Cl)cc2)CC1. The molecule has 1 fully saturated rings. The van der Waals surface area contributed by atoms with Crippen LogP contribution in [0.5, 0.6) is 0 Å². The van der Waals surface area contributed by atoms with E-state index >= 15 is 0 Å². The lowest BCUT2D eigenvalue weighted by atomic mass is 9.84. The van der Waals surface area contributed by atoms with Crippen LogP contribution in [0.3, 0.4) is 0 Å². The summed E-state index contributed by atoms with van der Waals surface area (Å²) in [6, 6.07) is 8.50. The Balaban J connectivity index is 2.16. The van der Waals surface area contributed by atoms with Crippen molar-refractivity contribution in [2.45, 2.75) is 44.6 Å². The molecule has 0 bridgehead atoms. The maximum atomic E-state index is 6.35. The van der Waals surface area contributed by atoms with E-state index in [0.29, 0.717) is 5.92 Å². The number of hydrogen-bond donors (Lipinski definition) is 1. The van der Waals surface area contributed by atoms with Gasteiger partial charge < -0.3 is 5.73 Å². The zero-order chi connectivity index (χ0) is 11.8. The van der Waals surface area contributed by atoms with Crippen LogP contribution >= 0.6 is 11.6 Å². The molecule has 1 atom stereocenters. The molecular weight excluding hydrogens is 218 g/mol. The highest BCUT2D eigenvalue weighted by molar-refractivity contribution is 6.30. The van der Waals surface area contributed by atoms with Crippen molar-refractivity contribution in [2.24, 2.45) is 11.7 Å². The Hall–Kier alpha value is -0.530. The summed E-state index contributed by atoms with van der Waals surface area (Å²) in [7, 11) is 0. The van der Waals surface area contributed by atoms with Crippen LogP contribution in [0.2, 0.25) is 5.02 Å². The fraction of sp³-hybridized carbons (Fsp3) is 0.571. The first-order valence-corrected chi connectivity index (χ1v) is 6.44. The van der Waals surface area contributed by atoms with Crippen LogP contribution in [0.1, 0.15) is 38.7 Å². The van der Waals surface area contributed by atoms with Crippen molar-refractivity contribution in [2.75, 3.05) is 0 Å². The minimum atomic E-state index is 0.245. The zero-order valence-corrected chi connectivity index (χ0v) is 10.8. The van der Waals surface area contributed by atoms with E-state index in [1.54, 1.807) is 0 Å². The number of halogens is 1. The summed E-state index contributed by atoms with van der Waals surface area (Å²) in [6.45, 7) is 4.47. The Labute approximate surface area is 103 Å². The molecule has 1 nitrogen and oxygen atoms in total. The number of rotatable bonds is 4. The van der Waals surface area contributed by atoms with Gasteiger partial charge in [-0.2, -0.15) is 0 Å². The Morgan fingerprint density at radius 3 is 2.25 bits per heavy atom. The first kappa shape index (κ1) is 11.9. The Bertz CT molecular complexity index is 352. The molecular formula is C14H20ClN. The van der Waals surface area contributed by atoms with Gasteiger partial charge in [-0.3, -0.25) is 0 Å². The molecule has 16 heavy (non-hydrogen) atoms. The van der Waals surface area contributed by atoms with Gasteiger partial charge in [0, 0.05) is 16.5 Å². The third-order valence-electron chi connectivity index (χ3n) is 3.64. The van der Waals surface area contributed by atoms with E-state index in [0.717, 1.165) is 11.4 Å². The number of hydrogen-bond acceptors (Lipinski definition) is 1. The maximum absolute atomic E-state index is 6.35. The molecule has 0 saturated heterocycles. The number of benzene rings is 1. The summed E-state index contributed by atoms with van der Waals surface area (Å²) in [5.74, 6) is 0.666. The smallest absolute Gasteiger partial charge is 0.0406 e. The summed E-state index contributed by atoms with van der Waals surface area (Å²) in [4.78, 5) is 0. The molecule has 2 rings (SSSR count). The van der Waals surface area contributed by atoms with Crippen molar-refractivity contribution in [3.05, 3.63) is 34.9 Å². The highest BCUT2D eigenvalue weighted by Crippen LogP contribution is 2.51. The number of nitrogens with two attached hydrogens (primary N) is 1. The average molecular weight is 238 g/mol. The van der Waals surface area contributed by atoms with Gasteiger partial charge in [0.15, 0.2) is 0 Å². The monoisotopic (exact) mass is 237 g/mol. The highest BCUT2D eigenvalue weighted by Gasteiger charge is 2.48. The summed E-state index contributed by atoms with van der Waals surface area (Å²) in [6.07, 6.45) is 3.55.